The Morgan fingerprint density at radius 1 is 1.00 bits per heavy atom. The molecule has 0 atom stereocenters. The molecule has 6 heteroatoms. The molecule has 0 aliphatic heterocycles. The first-order chi connectivity index (χ1) is 17.9. The van der Waals surface area contributed by atoms with E-state index in [-0.39, 0.29) is 5.91 Å². The number of carbonyl (C=O) groups excluding carboxylic acids is 1. The summed E-state index contributed by atoms with van der Waals surface area (Å²) in [5.74, 6) is -0.0590. The summed E-state index contributed by atoms with van der Waals surface area (Å²) in [7, 11) is 0. The SMILES string of the molecule is Cc1nc2ccc(-c3ccc(CC4(C(=O)Nc5cccc(/C=C/C(=O)O)c5)CCCCC4)cc3)cc2[nH]1. The van der Waals surface area contributed by atoms with Crippen molar-refractivity contribution in [2.75, 3.05) is 5.32 Å². The molecule has 37 heavy (non-hydrogen) atoms. The molecule has 1 aliphatic carbocycles. The minimum absolute atomic E-state index is 0.0377. The van der Waals surface area contributed by atoms with Gasteiger partial charge in [-0.1, -0.05) is 61.7 Å². The van der Waals surface area contributed by atoms with E-state index in [0.29, 0.717) is 12.1 Å². The minimum atomic E-state index is -1.00. The Bertz CT molecular complexity index is 1460. The fourth-order valence-electron chi connectivity index (χ4n) is 5.39. The van der Waals surface area contributed by atoms with Gasteiger partial charge >= 0.3 is 5.97 Å². The van der Waals surface area contributed by atoms with Gasteiger partial charge in [-0.15, -0.1) is 0 Å². The summed E-state index contributed by atoms with van der Waals surface area (Å²) < 4.78 is 0. The number of nitrogens with one attached hydrogen (secondary N) is 2. The Labute approximate surface area is 216 Å². The van der Waals surface area contributed by atoms with E-state index in [1.807, 2.05) is 31.2 Å². The average Bonchev–Trinajstić information content (AvgIpc) is 3.28. The van der Waals surface area contributed by atoms with Crippen molar-refractivity contribution >= 4 is 34.7 Å². The van der Waals surface area contributed by atoms with E-state index in [1.165, 1.54) is 6.08 Å². The number of carbonyl (C=O) groups is 2. The van der Waals surface area contributed by atoms with Crippen LogP contribution < -0.4 is 5.32 Å². The molecule has 3 N–H and O–H groups in total. The van der Waals surface area contributed by atoms with Crippen LogP contribution in [0.1, 0.15) is 49.1 Å². The Morgan fingerprint density at radius 2 is 1.76 bits per heavy atom. The number of nitrogens with zero attached hydrogens (tertiary/aromatic N) is 1. The number of anilines is 1. The van der Waals surface area contributed by atoms with Crippen LogP contribution in [0.3, 0.4) is 0 Å². The van der Waals surface area contributed by atoms with Crippen molar-refractivity contribution in [3.8, 4) is 11.1 Å². The van der Waals surface area contributed by atoms with Crippen molar-refractivity contribution in [3.05, 3.63) is 89.8 Å². The highest BCUT2D eigenvalue weighted by Crippen LogP contribution is 2.41. The number of H-pyrrole nitrogens is 1. The molecule has 1 aromatic heterocycles. The van der Waals surface area contributed by atoms with Gasteiger partial charge in [0.2, 0.25) is 5.91 Å². The van der Waals surface area contributed by atoms with Crippen LogP contribution in [0.15, 0.2) is 72.8 Å². The lowest BCUT2D eigenvalue weighted by Gasteiger charge is -2.36. The number of hydrogen-bond acceptors (Lipinski definition) is 3. The lowest BCUT2D eigenvalue weighted by molar-refractivity contribution is -0.131. The van der Waals surface area contributed by atoms with Crippen molar-refractivity contribution in [1.82, 2.24) is 9.97 Å². The molecule has 1 aliphatic rings. The van der Waals surface area contributed by atoms with Crippen molar-refractivity contribution in [3.63, 3.8) is 0 Å². The smallest absolute Gasteiger partial charge is 0.328 e. The first kappa shape index (κ1) is 24.5. The Morgan fingerprint density at radius 3 is 2.51 bits per heavy atom. The van der Waals surface area contributed by atoms with Crippen LogP contribution in [0, 0.1) is 12.3 Å². The standard InChI is InChI=1S/C31H31N3O3/c1-21-32-27-14-13-25(19-28(27)33-21)24-11-8-23(9-12-24)20-31(16-3-2-4-17-31)30(37)34-26-7-5-6-22(18-26)10-15-29(35)36/h5-15,18-19H,2-4,16-17,20H2,1H3,(H,32,33)(H,34,37)(H,35,36)/b15-10+. The monoisotopic (exact) mass is 493 g/mol. The molecule has 0 bridgehead atoms. The number of aliphatic carboxylic acids is 1. The maximum Gasteiger partial charge on any atom is 0.328 e. The molecule has 0 unspecified atom stereocenters. The molecule has 1 saturated carbocycles. The topological polar surface area (TPSA) is 95.1 Å². The Hall–Kier alpha value is -4.19. The summed E-state index contributed by atoms with van der Waals surface area (Å²) in [6, 6.07) is 22.1. The van der Waals surface area contributed by atoms with Gasteiger partial charge in [0.1, 0.15) is 5.82 Å². The molecule has 0 radical (unpaired) electrons. The number of rotatable bonds is 7. The molecule has 1 heterocycles. The van der Waals surface area contributed by atoms with Crippen LogP contribution in [-0.2, 0) is 16.0 Å². The zero-order valence-corrected chi connectivity index (χ0v) is 21.0. The Balaban J connectivity index is 1.34. The van der Waals surface area contributed by atoms with Crippen LogP contribution in [-0.4, -0.2) is 27.0 Å². The first-order valence-electron chi connectivity index (χ1n) is 12.8. The summed E-state index contributed by atoms with van der Waals surface area (Å²) >= 11 is 0. The summed E-state index contributed by atoms with van der Waals surface area (Å²) in [5.41, 5.74) is 6.36. The zero-order valence-electron chi connectivity index (χ0n) is 21.0. The lowest BCUT2D eigenvalue weighted by Crippen LogP contribution is -2.40. The van der Waals surface area contributed by atoms with Crippen LogP contribution in [0.5, 0.6) is 0 Å². The van der Waals surface area contributed by atoms with Gasteiger partial charge in [0, 0.05) is 11.8 Å². The quantitative estimate of drug-likeness (QED) is 0.248. The fraction of sp³-hybridized carbons (Fsp3) is 0.258. The van der Waals surface area contributed by atoms with Gasteiger partial charge in [-0.3, -0.25) is 4.79 Å². The third kappa shape index (κ3) is 5.64. The van der Waals surface area contributed by atoms with Crippen LogP contribution in [0.4, 0.5) is 5.69 Å². The maximum absolute atomic E-state index is 13.7. The number of carboxylic acid groups (broad SMARTS) is 1. The maximum atomic E-state index is 13.7. The molecule has 188 valence electrons. The van der Waals surface area contributed by atoms with E-state index in [4.69, 9.17) is 5.11 Å². The molecule has 1 amide bonds. The molecule has 0 spiro atoms. The molecular formula is C31H31N3O3. The lowest BCUT2D eigenvalue weighted by atomic mass is 9.69. The third-order valence-electron chi connectivity index (χ3n) is 7.29. The normalized spacial score (nSPS) is 15.2. The minimum Gasteiger partial charge on any atom is -0.478 e. The van der Waals surface area contributed by atoms with Crippen molar-refractivity contribution in [2.24, 2.45) is 5.41 Å². The number of aryl methyl sites for hydroxylation is 1. The summed E-state index contributed by atoms with van der Waals surface area (Å²) in [5, 5.41) is 12.0. The number of aromatic amines is 1. The second kappa shape index (κ2) is 10.4. The highest BCUT2D eigenvalue weighted by Gasteiger charge is 2.39. The van der Waals surface area contributed by atoms with Crippen LogP contribution >= 0.6 is 0 Å². The highest BCUT2D eigenvalue weighted by atomic mass is 16.4. The van der Waals surface area contributed by atoms with Crippen LogP contribution in [0.2, 0.25) is 0 Å². The summed E-state index contributed by atoms with van der Waals surface area (Å²) in [6.07, 6.45) is 8.26. The third-order valence-corrected chi connectivity index (χ3v) is 7.29. The summed E-state index contributed by atoms with van der Waals surface area (Å²) in [4.78, 5) is 32.3. The van der Waals surface area contributed by atoms with Gasteiger partial charge < -0.3 is 15.4 Å². The van der Waals surface area contributed by atoms with E-state index >= 15 is 0 Å². The highest BCUT2D eigenvalue weighted by molar-refractivity contribution is 5.96. The molecule has 1 fully saturated rings. The number of fused-ring (bicyclic) bond motifs is 1. The Kier molecular flexibility index (Phi) is 6.91. The van der Waals surface area contributed by atoms with Crippen molar-refractivity contribution in [1.29, 1.82) is 0 Å². The summed E-state index contributed by atoms with van der Waals surface area (Å²) in [6.45, 7) is 1.96. The number of carboxylic acids is 1. The number of hydrogen-bond donors (Lipinski definition) is 3. The number of aromatic nitrogens is 2. The van der Waals surface area contributed by atoms with Gasteiger partial charge in [0.25, 0.3) is 0 Å². The van der Waals surface area contributed by atoms with E-state index in [9.17, 15) is 9.59 Å². The molecule has 0 saturated heterocycles. The molecule has 6 nitrogen and oxygen atoms in total. The van der Waals surface area contributed by atoms with E-state index < -0.39 is 11.4 Å². The number of amides is 1. The van der Waals surface area contributed by atoms with E-state index in [2.05, 4.69) is 51.7 Å². The van der Waals surface area contributed by atoms with E-state index in [0.717, 1.165) is 77.3 Å². The van der Waals surface area contributed by atoms with Gasteiger partial charge in [-0.25, -0.2) is 9.78 Å². The molecule has 5 rings (SSSR count). The predicted molar refractivity (Wildman–Crippen MR) is 147 cm³/mol. The van der Waals surface area contributed by atoms with Gasteiger partial charge in [0.05, 0.1) is 16.4 Å². The van der Waals surface area contributed by atoms with Gasteiger partial charge in [-0.2, -0.15) is 0 Å². The molecule has 3 aromatic carbocycles. The van der Waals surface area contributed by atoms with Crippen molar-refractivity contribution < 1.29 is 14.7 Å². The second-order valence-corrected chi connectivity index (χ2v) is 10.0. The van der Waals surface area contributed by atoms with Crippen molar-refractivity contribution in [2.45, 2.75) is 45.4 Å². The second-order valence-electron chi connectivity index (χ2n) is 10.0. The fourth-order valence-corrected chi connectivity index (χ4v) is 5.39. The molecule has 4 aromatic rings. The predicted octanol–water partition coefficient (Wildman–Crippen LogP) is 6.77. The first-order valence-corrected chi connectivity index (χ1v) is 12.8. The number of benzene rings is 3. The van der Waals surface area contributed by atoms with Crippen LogP contribution in [0.25, 0.3) is 28.2 Å². The largest absolute Gasteiger partial charge is 0.478 e. The zero-order chi connectivity index (χ0) is 25.8. The van der Waals surface area contributed by atoms with Gasteiger partial charge in [-0.05, 0) is 78.8 Å². The average molecular weight is 494 g/mol. The van der Waals surface area contributed by atoms with Gasteiger partial charge in [0.15, 0.2) is 0 Å². The number of imidazole rings is 1. The van der Waals surface area contributed by atoms with E-state index in [1.54, 1.807) is 6.07 Å². The molecular weight excluding hydrogens is 462 g/mol.